The largest absolute Gasteiger partial charge is 3.00 e. The summed E-state index contributed by atoms with van der Waals surface area (Å²) >= 11 is 0. The number of carbonyl (C=O) groups excluding carboxylic acids is 6. The van der Waals surface area contributed by atoms with Crippen LogP contribution in [0.25, 0.3) is 0 Å². The molecule has 0 aromatic carbocycles. The molecule has 0 unspecified atom stereocenters. The number of carbonyl (C=O) groups is 6. The van der Waals surface area contributed by atoms with E-state index < -0.39 is 37.2 Å². The van der Waals surface area contributed by atoms with Crippen LogP contribution in [0, 0.1) is 0 Å². The third-order valence-corrected chi connectivity index (χ3v) is 4.50. The summed E-state index contributed by atoms with van der Waals surface area (Å²) in [5.41, 5.74) is 0. The molecule has 0 spiro atoms. The summed E-state index contributed by atoms with van der Waals surface area (Å²) in [5, 5.41) is 28.4. The van der Waals surface area contributed by atoms with Crippen molar-refractivity contribution in [3.8, 4) is 0 Å². The van der Waals surface area contributed by atoms with Crippen LogP contribution in [0.15, 0.2) is 24.3 Å². The van der Waals surface area contributed by atoms with Gasteiger partial charge in [0, 0.05) is 37.2 Å². The molecule has 0 fully saturated rings. The van der Waals surface area contributed by atoms with Crippen molar-refractivity contribution in [2.45, 2.75) is 117 Å². The fraction of sp³-hybridized carbons (Fsp3) is 0.643. The van der Waals surface area contributed by atoms with Gasteiger partial charge in [-0.05, 0) is 72.1 Å². The topological polar surface area (TPSA) is 172 Å². The first-order valence-corrected chi connectivity index (χ1v) is 12.8. The van der Waals surface area contributed by atoms with Crippen molar-refractivity contribution >= 4 is 35.3 Å². The van der Waals surface area contributed by atoms with Crippen molar-refractivity contribution in [1.82, 2.24) is 0 Å². The van der Waals surface area contributed by atoms with Crippen LogP contribution < -0.4 is 15.3 Å². The molecule has 0 N–H and O–H groups in total. The predicted octanol–water partition coefficient (Wildman–Crippen LogP) is 1.94. The van der Waals surface area contributed by atoms with Gasteiger partial charge in [0.05, 0.1) is 0 Å². The van der Waals surface area contributed by atoms with Crippen LogP contribution in [0.1, 0.15) is 117 Å². The maximum atomic E-state index is 9.83. The number of allylic oxidation sites excluding steroid dienone is 4. The van der Waals surface area contributed by atoms with Crippen LogP contribution in [0.4, 0.5) is 0 Å². The molecule has 2 aliphatic rings. The second-order valence-corrected chi connectivity index (χ2v) is 8.68. The Morgan fingerprint density at radius 3 is 0.737 bits per heavy atom. The van der Waals surface area contributed by atoms with Crippen molar-refractivity contribution in [2.75, 3.05) is 0 Å². The molecule has 38 heavy (non-hydrogen) atoms. The van der Waals surface area contributed by atoms with Gasteiger partial charge < -0.3 is 29.7 Å². The Morgan fingerprint density at radius 2 is 0.632 bits per heavy atom. The number of hydrogen-bond acceptors (Lipinski definition) is 9. The van der Waals surface area contributed by atoms with Crippen molar-refractivity contribution in [2.24, 2.45) is 0 Å². The van der Waals surface area contributed by atoms with E-state index in [1.807, 2.05) is 0 Å². The molecule has 218 valence electrons. The van der Waals surface area contributed by atoms with Gasteiger partial charge >= 0.3 is 19.5 Å². The number of carboxylic acid groups (broad SMARTS) is 3. The molecule has 2 aliphatic carbocycles. The first kappa shape index (κ1) is 42.6. The van der Waals surface area contributed by atoms with E-state index in [-0.39, 0.29) is 36.8 Å². The molecule has 10 heteroatoms. The smallest absolute Gasteiger partial charge is 0.550 e. The fourth-order valence-electron chi connectivity index (χ4n) is 2.84. The van der Waals surface area contributed by atoms with Gasteiger partial charge in [0.1, 0.15) is 17.3 Å². The summed E-state index contributed by atoms with van der Waals surface area (Å²) in [5.74, 6) is -5.06. The number of carboxylic acids is 3. The Hall–Kier alpha value is -2.48. The number of hydrogen-bond donors (Lipinski definition) is 0. The van der Waals surface area contributed by atoms with E-state index in [0.29, 0.717) is 0 Å². The molecular formula is C28H43O9Rh. The van der Waals surface area contributed by atoms with Gasteiger partial charge in [-0.25, -0.2) is 0 Å². The number of aliphatic carboxylic acids is 3. The van der Waals surface area contributed by atoms with Gasteiger partial charge in [0.2, 0.25) is 0 Å². The SMILES string of the molecule is C1=CCCCCCC1.C1=CCCCCCC1.CC(=O)CC(=O)[O-].CC(=O)CC(=O)[O-].CC(=O)CC(=O)[O-].[Rh+3]. The summed E-state index contributed by atoms with van der Waals surface area (Å²) in [6.45, 7) is 3.61. The quantitative estimate of drug-likeness (QED) is 0.243. The van der Waals surface area contributed by atoms with Gasteiger partial charge in [-0.15, -0.1) is 0 Å². The monoisotopic (exact) mass is 626 g/mol. The first-order valence-electron chi connectivity index (χ1n) is 12.8. The molecule has 0 aromatic rings. The molecule has 0 heterocycles. The zero-order valence-corrected chi connectivity index (χ0v) is 24.6. The maximum absolute atomic E-state index is 9.83. The summed E-state index contributed by atoms with van der Waals surface area (Å²) in [4.78, 5) is 57.9. The van der Waals surface area contributed by atoms with Crippen molar-refractivity contribution in [3.05, 3.63) is 24.3 Å². The van der Waals surface area contributed by atoms with E-state index >= 15 is 0 Å². The molecule has 0 radical (unpaired) electrons. The standard InChI is InChI=1S/2C8H14.3C4H6O3.Rh/c2*1-2-4-6-8-7-5-3-1;3*1-3(5)2-4(6)7;/h2*1-2H,3-8H2;3*2H2,1H3,(H,6,7);/q;;;;;+3/p-3. The average molecular weight is 627 g/mol. The predicted molar refractivity (Wildman–Crippen MR) is 135 cm³/mol. The number of rotatable bonds is 6. The second-order valence-electron chi connectivity index (χ2n) is 8.68. The molecule has 2 rings (SSSR count). The first-order chi connectivity index (χ1) is 17.4. The Morgan fingerprint density at radius 1 is 0.447 bits per heavy atom. The van der Waals surface area contributed by atoms with Gasteiger partial charge in [0.15, 0.2) is 0 Å². The second kappa shape index (κ2) is 32.6. The molecule has 0 aromatic heterocycles. The molecule has 0 amide bonds. The van der Waals surface area contributed by atoms with E-state index in [9.17, 15) is 44.1 Å². The van der Waals surface area contributed by atoms with Crippen LogP contribution in [0.2, 0.25) is 0 Å². The Balaban J connectivity index is -0.000000189. The van der Waals surface area contributed by atoms with Crippen LogP contribution in [-0.4, -0.2) is 35.3 Å². The minimum Gasteiger partial charge on any atom is -0.550 e. The number of Topliss-reactive ketones (excluding diaryl/α,β-unsaturated/α-hetero) is 3. The average Bonchev–Trinajstić information content (AvgIpc) is 2.65. The van der Waals surface area contributed by atoms with E-state index in [1.165, 1.54) is 97.8 Å². The van der Waals surface area contributed by atoms with Crippen molar-refractivity contribution in [3.63, 3.8) is 0 Å². The summed E-state index contributed by atoms with van der Waals surface area (Å²) < 4.78 is 0. The van der Waals surface area contributed by atoms with Crippen LogP contribution >= 0.6 is 0 Å². The Labute approximate surface area is 239 Å². The van der Waals surface area contributed by atoms with Crippen molar-refractivity contribution in [1.29, 1.82) is 0 Å². The molecule has 0 bridgehead atoms. The van der Waals surface area contributed by atoms with E-state index in [0.717, 1.165) is 0 Å². The van der Waals surface area contributed by atoms with Gasteiger partial charge in [0.25, 0.3) is 0 Å². The minimum atomic E-state index is -1.31. The molecule has 0 saturated heterocycles. The van der Waals surface area contributed by atoms with Gasteiger partial charge in [-0.1, -0.05) is 50.0 Å². The van der Waals surface area contributed by atoms with E-state index in [2.05, 4.69) is 24.3 Å². The van der Waals surface area contributed by atoms with Crippen LogP contribution in [-0.2, 0) is 48.2 Å². The fourth-order valence-corrected chi connectivity index (χ4v) is 2.84. The van der Waals surface area contributed by atoms with Crippen LogP contribution in [0.3, 0.4) is 0 Å². The summed E-state index contributed by atoms with van der Waals surface area (Å²) in [7, 11) is 0. The molecule has 0 aliphatic heterocycles. The zero-order chi connectivity index (χ0) is 28.9. The molecule has 9 nitrogen and oxygen atoms in total. The minimum absolute atomic E-state index is 0. The Kier molecular flexibility index (Phi) is 36.5. The third-order valence-electron chi connectivity index (χ3n) is 4.50. The number of ketones is 3. The summed E-state index contributed by atoms with van der Waals surface area (Å²) in [6, 6.07) is 0. The molecular weight excluding hydrogens is 583 g/mol. The van der Waals surface area contributed by atoms with Gasteiger partial charge in [-0.2, -0.15) is 0 Å². The van der Waals surface area contributed by atoms with E-state index in [1.54, 1.807) is 0 Å². The third kappa shape index (κ3) is 54.4. The molecule has 0 saturated carbocycles. The molecule has 0 atom stereocenters. The van der Waals surface area contributed by atoms with Gasteiger partial charge in [-0.3, -0.25) is 14.4 Å². The zero-order valence-electron chi connectivity index (χ0n) is 22.9. The summed E-state index contributed by atoms with van der Waals surface area (Å²) in [6.07, 6.45) is 24.6. The van der Waals surface area contributed by atoms with Crippen molar-refractivity contribution < 1.29 is 63.6 Å². The van der Waals surface area contributed by atoms with E-state index in [4.69, 9.17) is 0 Å². The Bertz CT molecular complexity index is 588. The maximum Gasteiger partial charge on any atom is 3.00 e. The van der Waals surface area contributed by atoms with Crippen LogP contribution in [0.5, 0.6) is 0 Å². The normalized spacial score (nSPS) is 13.8.